The molecule has 1 aliphatic rings. The van der Waals surface area contributed by atoms with Crippen LogP contribution in [0, 0.1) is 11.3 Å². The van der Waals surface area contributed by atoms with E-state index >= 15 is 0 Å². The van der Waals surface area contributed by atoms with Crippen LogP contribution in [0.3, 0.4) is 0 Å². The summed E-state index contributed by atoms with van der Waals surface area (Å²) in [6.45, 7) is 7.09. The number of nitrogens with zero attached hydrogens (tertiary/aromatic N) is 2. The summed E-state index contributed by atoms with van der Waals surface area (Å²) in [5, 5.41) is 3.61. The van der Waals surface area contributed by atoms with Gasteiger partial charge in [0.15, 0.2) is 5.13 Å². The largest absolute Gasteiger partial charge is 0.342 e. The van der Waals surface area contributed by atoms with Gasteiger partial charge in [0.25, 0.3) is 0 Å². The van der Waals surface area contributed by atoms with Gasteiger partial charge in [-0.2, -0.15) is 0 Å². The Morgan fingerprint density at radius 2 is 1.85 bits per heavy atom. The van der Waals surface area contributed by atoms with E-state index in [9.17, 15) is 9.59 Å². The normalized spacial score (nSPS) is 15.6. The average molecular weight is 386 g/mol. The number of thiazole rings is 1. The van der Waals surface area contributed by atoms with Crippen molar-refractivity contribution in [1.82, 2.24) is 9.88 Å². The molecule has 5 nitrogen and oxygen atoms in total. The van der Waals surface area contributed by atoms with E-state index in [2.05, 4.69) is 22.4 Å². The molecule has 0 aliphatic carbocycles. The van der Waals surface area contributed by atoms with E-state index in [4.69, 9.17) is 0 Å². The highest BCUT2D eigenvalue weighted by Gasteiger charge is 2.32. The molecule has 0 bridgehead atoms. The minimum atomic E-state index is -0.370. The summed E-state index contributed by atoms with van der Waals surface area (Å²) < 4.78 is 0. The molecule has 1 fully saturated rings. The first-order valence-electron chi connectivity index (χ1n) is 9.42. The van der Waals surface area contributed by atoms with Crippen molar-refractivity contribution in [1.29, 1.82) is 0 Å². The van der Waals surface area contributed by atoms with E-state index in [1.807, 2.05) is 50.1 Å². The fraction of sp³-hybridized carbons (Fsp3) is 0.476. The van der Waals surface area contributed by atoms with Crippen LogP contribution in [-0.2, 0) is 16.0 Å². The number of rotatable bonds is 4. The number of aromatic nitrogens is 1. The zero-order valence-corrected chi connectivity index (χ0v) is 17.0. The first-order chi connectivity index (χ1) is 12.8. The van der Waals surface area contributed by atoms with Crippen molar-refractivity contribution in [3.63, 3.8) is 0 Å². The second-order valence-electron chi connectivity index (χ2n) is 8.10. The fourth-order valence-corrected chi connectivity index (χ4v) is 4.12. The summed E-state index contributed by atoms with van der Waals surface area (Å²) in [6.07, 6.45) is 4.06. The predicted octanol–water partition coefficient (Wildman–Crippen LogP) is 3.96. The monoisotopic (exact) mass is 385 g/mol. The molecule has 2 amide bonds. The third-order valence-electron chi connectivity index (χ3n) is 4.80. The maximum Gasteiger partial charge on any atom is 0.229 e. The fourth-order valence-electron chi connectivity index (χ4n) is 3.27. The molecule has 1 aromatic carbocycles. The van der Waals surface area contributed by atoms with Crippen LogP contribution >= 0.6 is 11.3 Å². The average Bonchev–Trinajstić information content (AvgIpc) is 3.08. The molecular formula is C21H27N3O2S. The van der Waals surface area contributed by atoms with E-state index < -0.39 is 0 Å². The highest BCUT2D eigenvalue weighted by atomic mass is 32.1. The highest BCUT2D eigenvalue weighted by molar-refractivity contribution is 7.15. The molecule has 0 unspecified atom stereocenters. The molecule has 3 rings (SSSR count). The van der Waals surface area contributed by atoms with Crippen LogP contribution in [0.25, 0.3) is 0 Å². The molecule has 1 aromatic heterocycles. The molecule has 144 valence electrons. The first-order valence-corrected chi connectivity index (χ1v) is 10.2. The second-order valence-corrected chi connectivity index (χ2v) is 9.22. The van der Waals surface area contributed by atoms with Crippen molar-refractivity contribution < 1.29 is 9.59 Å². The number of amides is 2. The van der Waals surface area contributed by atoms with Crippen LogP contribution in [-0.4, -0.2) is 34.8 Å². The maximum absolute atomic E-state index is 12.6. The van der Waals surface area contributed by atoms with Crippen molar-refractivity contribution in [2.24, 2.45) is 11.3 Å². The second kappa shape index (κ2) is 8.21. The van der Waals surface area contributed by atoms with Gasteiger partial charge in [-0.15, -0.1) is 11.3 Å². The number of likely N-dealkylation sites (tertiary alicyclic amines) is 1. The topological polar surface area (TPSA) is 62.3 Å². The van der Waals surface area contributed by atoms with E-state index in [0.717, 1.165) is 11.3 Å². The van der Waals surface area contributed by atoms with Crippen LogP contribution < -0.4 is 5.32 Å². The smallest absolute Gasteiger partial charge is 0.229 e. The van der Waals surface area contributed by atoms with Gasteiger partial charge in [0, 0.05) is 41.9 Å². The van der Waals surface area contributed by atoms with Gasteiger partial charge < -0.3 is 10.2 Å². The lowest BCUT2D eigenvalue weighted by Crippen LogP contribution is -2.45. The lowest BCUT2D eigenvalue weighted by molar-refractivity contribution is -0.142. The standard InChI is InChI=1S/C21H27N3O2S/c1-21(2,3)19(26)24-11-9-16(10-12-24)18(25)23-20-22-14-17(27-20)13-15-7-5-4-6-8-15/h4-8,14,16H,9-13H2,1-3H3,(H,22,23,25). The van der Waals surface area contributed by atoms with Crippen LogP contribution in [0.4, 0.5) is 5.13 Å². The summed E-state index contributed by atoms with van der Waals surface area (Å²) in [6, 6.07) is 10.2. The quantitative estimate of drug-likeness (QED) is 0.867. The van der Waals surface area contributed by atoms with Crippen LogP contribution in [0.2, 0.25) is 0 Å². The van der Waals surface area contributed by atoms with Crippen molar-refractivity contribution >= 4 is 28.3 Å². The third-order valence-corrected chi connectivity index (χ3v) is 5.71. The van der Waals surface area contributed by atoms with Gasteiger partial charge in [-0.05, 0) is 18.4 Å². The summed E-state index contributed by atoms with van der Waals surface area (Å²) in [5.74, 6) is 0.112. The predicted molar refractivity (Wildman–Crippen MR) is 109 cm³/mol. The number of hydrogen-bond donors (Lipinski definition) is 1. The van der Waals surface area contributed by atoms with Crippen molar-refractivity contribution in [2.45, 2.75) is 40.0 Å². The molecule has 2 aromatic rings. The number of carbonyl (C=O) groups excluding carboxylic acids is 2. The van der Waals surface area contributed by atoms with Crippen LogP contribution in [0.1, 0.15) is 44.1 Å². The van der Waals surface area contributed by atoms with Crippen LogP contribution in [0.5, 0.6) is 0 Å². The third kappa shape index (κ3) is 5.16. The molecular weight excluding hydrogens is 358 g/mol. The number of benzene rings is 1. The molecule has 0 atom stereocenters. The van der Waals surface area contributed by atoms with E-state index in [1.54, 1.807) is 0 Å². The van der Waals surface area contributed by atoms with Crippen LogP contribution in [0.15, 0.2) is 36.5 Å². The molecule has 0 radical (unpaired) electrons. The first kappa shape index (κ1) is 19.5. The van der Waals surface area contributed by atoms with Crippen molar-refractivity contribution in [3.05, 3.63) is 47.0 Å². The van der Waals surface area contributed by atoms with Crippen molar-refractivity contribution in [3.8, 4) is 0 Å². The summed E-state index contributed by atoms with van der Waals surface area (Å²) in [5.41, 5.74) is 0.861. The molecule has 2 heterocycles. The molecule has 6 heteroatoms. The summed E-state index contributed by atoms with van der Waals surface area (Å²) >= 11 is 1.52. The van der Waals surface area contributed by atoms with Gasteiger partial charge in [0.2, 0.25) is 11.8 Å². The van der Waals surface area contributed by atoms with Gasteiger partial charge in [0.1, 0.15) is 0 Å². The minimum Gasteiger partial charge on any atom is -0.342 e. The maximum atomic E-state index is 12.6. The minimum absolute atomic E-state index is 0.0125. The van der Waals surface area contributed by atoms with E-state index in [0.29, 0.717) is 31.1 Å². The Bertz CT molecular complexity index is 787. The Hall–Kier alpha value is -2.21. The molecule has 1 N–H and O–H groups in total. The van der Waals surface area contributed by atoms with Gasteiger partial charge in [-0.25, -0.2) is 4.98 Å². The number of nitrogens with one attached hydrogen (secondary N) is 1. The summed E-state index contributed by atoms with van der Waals surface area (Å²) in [7, 11) is 0. The van der Waals surface area contributed by atoms with Gasteiger partial charge >= 0.3 is 0 Å². The Balaban J connectivity index is 1.51. The molecule has 1 aliphatic heterocycles. The van der Waals surface area contributed by atoms with Gasteiger partial charge in [-0.3, -0.25) is 9.59 Å². The van der Waals surface area contributed by atoms with E-state index in [1.165, 1.54) is 16.9 Å². The Morgan fingerprint density at radius 1 is 1.19 bits per heavy atom. The molecule has 1 saturated heterocycles. The zero-order chi connectivity index (χ0) is 19.4. The highest BCUT2D eigenvalue weighted by Crippen LogP contribution is 2.26. The number of piperidine rings is 1. The molecule has 0 saturated carbocycles. The lowest BCUT2D eigenvalue weighted by Gasteiger charge is -2.35. The van der Waals surface area contributed by atoms with Gasteiger partial charge in [0.05, 0.1) is 0 Å². The Kier molecular flexibility index (Phi) is 5.95. The Morgan fingerprint density at radius 3 is 2.48 bits per heavy atom. The number of hydrogen-bond acceptors (Lipinski definition) is 4. The van der Waals surface area contributed by atoms with Crippen molar-refractivity contribution in [2.75, 3.05) is 18.4 Å². The van der Waals surface area contributed by atoms with Gasteiger partial charge in [-0.1, -0.05) is 51.1 Å². The lowest BCUT2D eigenvalue weighted by atomic mass is 9.91. The SMILES string of the molecule is CC(C)(C)C(=O)N1CCC(C(=O)Nc2ncc(Cc3ccccc3)s2)CC1. The number of carbonyl (C=O) groups is 2. The van der Waals surface area contributed by atoms with E-state index in [-0.39, 0.29) is 23.1 Å². The number of anilines is 1. The zero-order valence-electron chi connectivity index (χ0n) is 16.2. The Labute approximate surface area is 164 Å². The molecule has 27 heavy (non-hydrogen) atoms. The molecule has 0 spiro atoms. The summed E-state index contributed by atoms with van der Waals surface area (Å²) in [4.78, 5) is 32.3.